The molecule has 1 aromatic rings. The van der Waals surface area contributed by atoms with Gasteiger partial charge in [-0.15, -0.1) is 0 Å². The highest BCUT2D eigenvalue weighted by atomic mass is 32.2. The molecule has 2 rings (SSSR count). The van der Waals surface area contributed by atoms with Crippen LogP contribution in [0.5, 0.6) is 0 Å². The Morgan fingerprint density at radius 3 is 2.86 bits per heavy atom. The Morgan fingerprint density at radius 1 is 1.50 bits per heavy atom. The maximum absolute atomic E-state index is 12.3. The highest BCUT2D eigenvalue weighted by Crippen LogP contribution is 2.21. The highest BCUT2D eigenvalue weighted by Gasteiger charge is 2.31. The van der Waals surface area contributed by atoms with Gasteiger partial charge in [-0.3, -0.25) is 4.21 Å². The smallest absolute Gasteiger partial charge is 0.410 e. The average molecular weight is 325 g/mol. The third-order valence-corrected chi connectivity index (χ3v) is 4.68. The summed E-state index contributed by atoms with van der Waals surface area (Å²) in [5.74, 6) is 0.667. The van der Waals surface area contributed by atoms with Crippen molar-refractivity contribution in [3.63, 3.8) is 0 Å². The van der Waals surface area contributed by atoms with Crippen LogP contribution in [0.2, 0.25) is 0 Å². The van der Waals surface area contributed by atoms with Gasteiger partial charge in [0.05, 0.1) is 10.8 Å². The first-order chi connectivity index (χ1) is 10.2. The Kier molecular flexibility index (Phi) is 5.16. The van der Waals surface area contributed by atoms with Crippen molar-refractivity contribution in [3.05, 3.63) is 18.0 Å². The zero-order valence-electron chi connectivity index (χ0n) is 13.5. The summed E-state index contributed by atoms with van der Waals surface area (Å²) in [6.45, 7) is 8.62. The molecule has 0 aromatic carbocycles. The molecular formula is C15H23N3O3S. The van der Waals surface area contributed by atoms with Crippen molar-refractivity contribution in [1.82, 2.24) is 14.9 Å². The van der Waals surface area contributed by atoms with Gasteiger partial charge in [-0.25, -0.2) is 14.8 Å². The summed E-state index contributed by atoms with van der Waals surface area (Å²) < 4.78 is 17.7. The van der Waals surface area contributed by atoms with E-state index in [-0.39, 0.29) is 12.0 Å². The molecule has 1 fully saturated rings. The van der Waals surface area contributed by atoms with Crippen LogP contribution in [-0.2, 0) is 15.5 Å². The zero-order chi connectivity index (χ0) is 16.3. The van der Waals surface area contributed by atoms with Crippen LogP contribution in [0.3, 0.4) is 0 Å². The van der Waals surface area contributed by atoms with Crippen molar-refractivity contribution < 1.29 is 13.7 Å². The van der Waals surface area contributed by atoms with Crippen molar-refractivity contribution in [2.45, 2.75) is 44.9 Å². The van der Waals surface area contributed by atoms with Crippen LogP contribution >= 0.6 is 0 Å². The van der Waals surface area contributed by atoms with Crippen LogP contribution in [0, 0.1) is 12.8 Å². The summed E-state index contributed by atoms with van der Waals surface area (Å²) in [5.41, 5.74) is 0.313. The second kappa shape index (κ2) is 6.73. The largest absolute Gasteiger partial charge is 0.444 e. The SMILES string of the molecule is Cc1ccnc([S@@](=O)C[C@@H]2CCN(C(=O)OC(C)(C)C)C2)n1. The van der Waals surface area contributed by atoms with Crippen molar-refractivity contribution in [2.75, 3.05) is 18.8 Å². The minimum atomic E-state index is -1.23. The molecule has 0 spiro atoms. The topological polar surface area (TPSA) is 72.4 Å². The molecule has 1 aliphatic heterocycles. The fraction of sp³-hybridized carbons (Fsp3) is 0.667. The molecule has 0 unspecified atom stereocenters. The van der Waals surface area contributed by atoms with Crippen LogP contribution in [0.4, 0.5) is 4.79 Å². The molecular weight excluding hydrogens is 302 g/mol. The third kappa shape index (κ3) is 4.76. The first-order valence-corrected chi connectivity index (χ1v) is 8.72. The number of ether oxygens (including phenoxy) is 1. The van der Waals surface area contributed by atoms with Gasteiger partial charge in [0.25, 0.3) is 0 Å². The molecule has 1 aromatic heterocycles. The molecule has 7 heteroatoms. The Hall–Kier alpha value is -1.50. The first kappa shape index (κ1) is 16.9. The Bertz CT molecular complexity index is 571. The Balaban J connectivity index is 1.88. The second-order valence-electron chi connectivity index (χ2n) is 6.57. The third-order valence-electron chi connectivity index (χ3n) is 3.30. The summed E-state index contributed by atoms with van der Waals surface area (Å²) in [6, 6.07) is 1.78. The van der Waals surface area contributed by atoms with Crippen LogP contribution in [0.25, 0.3) is 0 Å². The van der Waals surface area contributed by atoms with Crippen molar-refractivity contribution in [3.8, 4) is 0 Å². The molecule has 122 valence electrons. The standard InChI is InChI=1S/C15H23N3O3S/c1-11-5-7-16-13(17-11)22(20)10-12-6-8-18(9-12)14(19)21-15(2,3)4/h5,7,12H,6,8-10H2,1-4H3/t12-,22+/m1/s1. The fourth-order valence-corrected chi connectivity index (χ4v) is 3.56. The number of rotatable bonds is 3. The van der Waals surface area contributed by atoms with Crippen LogP contribution in [0.1, 0.15) is 32.9 Å². The number of hydrogen-bond acceptors (Lipinski definition) is 5. The number of likely N-dealkylation sites (tertiary alicyclic amines) is 1. The van der Waals surface area contributed by atoms with Gasteiger partial charge in [-0.1, -0.05) is 0 Å². The molecule has 0 saturated carbocycles. The first-order valence-electron chi connectivity index (χ1n) is 7.40. The van der Waals surface area contributed by atoms with E-state index < -0.39 is 16.4 Å². The van der Waals surface area contributed by atoms with E-state index in [2.05, 4.69) is 9.97 Å². The lowest BCUT2D eigenvalue weighted by Crippen LogP contribution is -2.35. The lowest BCUT2D eigenvalue weighted by molar-refractivity contribution is 0.0289. The zero-order valence-corrected chi connectivity index (χ0v) is 14.4. The van der Waals surface area contributed by atoms with E-state index in [9.17, 15) is 9.00 Å². The van der Waals surface area contributed by atoms with Gasteiger partial charge in [0.2, 0.25) is 5.16 Å². The normalized spacial score (nSPS) is 20.0. The van der Waals surface area contributed by atoms with Crippen LogP contribution < -0.4 is 0 Å². The minimum Gasteiger partial charge on any atom is -0.444 e. The van der Waals surface area contributed by atoms with Gasteiger partial charge >= 0.3 is 6.09 Å². The average Bonchev–Trinajstić information content (AvgIpc) is 2.85. The number of nitrogens with zero attached hydrogens (tertiary/aromatic N) is 3. The van der Waals surface area contributed by atoms with Gasteiger partial charge in [-0.05, 0) is 46.1 Å². The second-order valence-corrected chi connectivity index (χ2v) is 7.96. The Morgan fingerprint density at radius 2 is 2.23 bits per heavy atom. The Labute approximate surface area is 133 Å². The molecule has 0 radical (unpaired) electrons. The highest BCUT2D eigenvalue weighted by molar-refractivity contribution is 7.84. The monoisotopic (exact) mass is 325 g/mol. The van der Waals surface area contributed by atoms with E-state index in [0.29, 0.717) is 24.0 Å². The van der Waals surface area contributed by atoms with Crippen molar-refractivity contribution >= 4 is 16.9 Å². The number of carbonyl (C=O) groups is 1. The summed E-state index contributed by atoms with van der Waals surface area (Å²) in [5, 5.41) is 0.371. The van der Waals surface area contributed by atoms with Gasteiger partial charge in [0.15, 0.2) is 0 Å². The number of amides is 1. The molecule has 0 N–H and O–H groups in total. The molecule has 1 saturated heterocycles. The fourth-order valence-electron chi connectivity index (χ4n) is 2.29. The number of aromatic nitrogens is 2. The summed E-state index contributed by atoms with van der Waals surface area (Å²) >= 11 is 0. The maximum Gasteiger partial charge on any atom is 0.410 e. The summed E-state index contributed by atoms with van der Waals surface area (Å²) in [6.07, 6.45) is 2.15. The predicted octanol–water partition coefficient (Wildman–Crippen LogP) is 2.15. The summed E-state index contributed by atoms with van der Waals surface area (Å²) in [4.78, 5) is 22.0. The lowest BCUT2D eigenvalue weighted by atomic mass is 10.2. The van der Waals surface area contributed by atoms with Gasteiger partial charge in [0.1, 0.15) is 5.60 Å². The number of aryl methyl sites for hydroxylation is 1. The van der Waals surface area contributed by atoms with Gasteiger partial charge in [0, 0.05) is 30.7 Å². The number of hydrogen-bond donors (Lipinski definition) is 0. The van der Waals surface area contributed by atoms with Crippen LogP contribution in [0.15, 0.2) is 17.4 Å². The quantitative estimate of drug-likeness (QED) is 0.796. The summed E-state index contributed by atoms with van der Waals surface area (Å²) in [7, 11) is -1.23. The molecule has 1 aliphatic rings. The van der Waals surface area contributed by atoms with E-state index >= 15 is 0 Å². The number of carbonyl (C=O) groups excluding carboxylic acids is 1. The molecule has 0 aliphatic carbocycles. The maximum atomic E-state index is 12.3. The molecule has 1 amide bonds. The van der Waals surface area contributed by atoms with Gasteiger partial charge in [-0.2, -0.15) is 0 Å². The van der Waals surface area contributed by atoms with E-state index in [1.165, 1.54) is 0 Å². The van der Waals surface area contributed by atoms with E-state index in [4.69, 9.17) is 4.74 Å². The van der Waals surface area contributed by atoms with Gasteiger partial charge < -0.3 is 9.64 Å². The molecule has 2 atom stereocenters. The van der Waals surface area contributed by atoms with E-state index in [1.54, 1.807) is 17.2 Å². The molecule has 22 heavy (non-hydrogen) atoms. The van der Waals surface area contributed by atoms with Crippen LogP contribution in [-0.4, -0.2) is 49.6 Å². The van der Waals surface area contributed by atoms with Crippen molar-refractivity contribution in [2.24, 2.45) is 5.92 Å². The molecule has 2 heterocycles. The van der Waals surface area contributed by atoms with E-state index in [1.807, 2.05) is 27.7 Å². The molecule has 6 nitrogen and oxygen atoms in total. The van der Waals surface area contributed by atoms with Crippen molar-refractivity contribution in [1.29, 1.82) is 0 Å². The minimum absolute atomic E-state index is 0.192. The predicted molar refractivity (Wildman–Crippen MR) is 84.0 cm³/mol. The lowest BCUT2D eigenvalue weighted by Gasteiger charge is -2.24. The molecule has 0 bridgehead atoms. The van der Waals surface area contributed by atoms with E-state index in [0.717, 1.165) is 12.1 Å².